The molecule has 0 saturated heterocycles. The molecule has 3 aromatic rings. The minimum Gasteiger partial charge on any atom is -0.465 e. The van der Waals surface area contributed by atoms with Crippen LogP contribution in [0.15, 0.2) is 53.3 Å². The monoisotopic (exact) mass is 356 g/mol. The molecule has 25 heavy (non-hydrogen) atoms. The molecule has 0 aliphatic rings. The first kappa shape index (κ1) is 17.0. The summed E-state index contributed by atoms with van der Waals surface area (Å²) in [6.45, 7) is 1.95. The topological polar surface area (TPSA) is 71.2 Å². The van der Waals surface area contributed by atoms with Crippen LogP contribution in [0.1, 0.15) is 28.9 Å². The molecule has 6 heteroatoms. The van der Waals surface area contributed by atoms with Crippen molar-refractivity contribution in [3.05, 3.63) is 75.0 Å². The van der Waals surface area contributed by atoms with Crippen LogP contribution in [0.5, 0.6) is 0 Å². The van der Waals surface area contributed by atoms with E-state index in [1.165, 1.54) is 7.11 Å². The Kier molecular flexibility index (Phi) is 4.76. The molecular weight excluding hydrogens is 340 g/mol. The molecule has 0 aliphatic carbocycles. The van der Waals surface area contributed by atoms with Crippen LogP contribution < -0.4 is 10.9 Å². The zero-order chi connectivity index (χ0) is 18.0. The van der Waals surface area contributed by atoms with E-state index in [1.807, 2.05) is 37.3 Å². The van der Waals surface area contributed by atoms with Crippen LogP contribution in [0.25, 0.3) is 10.9 Å². The van der Waals surface area contributed by atoms with Gasteiger partial charge in [0.25, 0.3) is 5.56 Å². The maximum absolute atomic E-state index is 12.5. The van der Waals surface area contributed by atoms with E-state index in [0.717, 1.165) is 5.56 Å². The number of esters is 1. The molecule has 5 nitrogen and oxygen atoms in total. The van der Waals surface area contributed by atoms with Crippen molar-refractivity contribution in [1.29, 1.82) is 0 Å². The molecule has 128 valence electrons. The number of methoxy groups -OCH3 is 1. The molecule has 0 fully saturated rings. The Hall–Kier alpha value is -2.79. The third-order valence-electron chi connectivity index (χ3n) is 4.05. The van der Waals surface area contributed by atoms with Gasteiger partial charge in [-0.2, -0.15) is 0 Å². The van der Waals surface area contributed by atoms with Gasteiger partial charge in [-0.1, -0.05) is 54.1 Å². The van der Waals surface area contributed by atoms with E-state index in [2.05, 4.69) is 10.3 Å². The lowest BCUT2D eigenvalue weighted by Gasteiger charge is -2.19. The fraction of sp³-hybridized carbons (Fsp3) is 0.158. The number of halogens is 1. The summed E-state index contributed by atoms with van der Waals surface area (Å²) in [6.07, 6.45) is 0. The summed E-state index contributed by atoms with van der Waals surface area (Å²) in [4.78, 5) is 27.3. The highest BCUT2D eigenvalue weighted by atomic mass is 35.5. The van der Waals surface area contributed by atoms with Gasteiger partial charge in [0.1, 0.15) is 5.56 Å². The first-order valence-electron chi connectivity index (χ1n) is 7.77. The number of carbonyl (C=O) groups excluding carboxylic acids is 1. The van der Waals surface area contributed by atoms with Crippen LogP contribution in [-0.2, 0) is 4.74 Å². The third-order valence-corrected chi connectivity index (χ3v) is 4.36. The lowest BCUT2D eigenvalue weighted by molar-refractivity contribution is 0.0600. The van der Waals surface area contributed by atoms with Gasteiger partial charge in [0, 0.05) is 11.4 Å². The zero-order valence-corrected chi connectivity index (χ0v) is 14.6. The molecule has 0 amide bonds. The van der Waals surface area contributed by atoms with Crippen molar-refractivity contribution < 1.29 is 9.53 Å². The van der Waals surface area contributed by atoms with E-state index in [4.69, 9.17) is 16.3 Å². The lowest BCUT2D eigenvalue weighted by Crippen LogP contribution is -2.23. The zero-order valence-electron chi connectivity index (χ0n) is 13.8. The van der Waals surface area contributed by atoms with E-state index in [-0.39, 0.29) is 11.6 Å². The second kappa shape index (κ2) is 6.99. The van der Waals surface area contributed by atoms with Gasteiger partial charge in [0.05, 0.1) is 23.3 Å². The number of rotatable bonds is 4. The maximum atomic E-state index is 12.5. The third kappa shape index (κ3) is 3.23. The van der Waals surface area contributed by atoms with Crippen LogP contribution in [-0.4, -0.2) is 18.1 Å². The maximum Gasteiger partial charge on any atom is 0.345 e. The summed E-state index contributed by atoms with van der Waals surface area (Å²) in [5, 5.41) is 4.33. The number of hydrogen-bond acceptors (Lipinski definition) is 4. The van der Waals surface area contributed by atoms with E-state index >= 15 is 0 Å². The van der Waals surface area contributed by atoms with E-state index in [9.17, 15) is 9.59 Å². The number of para-hydroxylation sites is 1. The fourth-order valence-electron chi connectivity index (χ4n) is 2.77. The summed E-state index contributed by atoms with van der Waals surface area (Å²) < 4.78 is 4.79. The lowest BCUT2D eigenvalue weighted by atomic mass is 10.0. The van der Waals surface area contributed by atoms with Crippen molar-refractivity contribution in [2.24, 2.45) is 0 Å². The summed E-state index contributed by atoms with van der Waals surface area (Å²) >= 11 is 6.21. The van der Waals surface area contributed by atoms with Crippen LogP contribution in [0.4, 0.5) is 5.69 Å². The summed E-state index contributed by atoms with van der Waals surface area (Å²) in [7, 11) is 1.24. The minimum atomic E-state index is -0.703. The largest absolute Gasteiger partial charge is 0.465 e. The number of hydrogen-bond donors (Lipinski definition) is 2. The number of aromatic nitrogens is 1. The molecular formula is C19H17ClN2O3. The molecule has 1 aromatic heterocycles. The van der Waals surface area contributed by atoms with Gasteiger partial charge in [0.2, 0.25) is 0 Å². The number of pyridine rings is 1. The molecule has 0 spiro atoms. The number of aromatic amines is 1. The molecule has 2 aromatic carbocycles. The van der Waals surface area contributed by atoms with Gasteiger partial charge in [-0.3, -0.25) is 4.79 Å². The highest BCUT2D eigenvalue weighted by Gasteiger charge is 2.22. The number of carbonyl (C=O) groups is 1. The number of benzene rings is 2. The highest BCUT2D eigenvalue weighted by Crippen LogP contribution is 2.31. The molecule has 2 N–H and O–H groups in total. The van der Waals surface area contributed by atoms with Crippen LogP contribution in [0, 0.1) is 0 Å². The van der Waals surface area contributed by atoms with Gasteiger partial charge < -0.3 is 15.0 Å². The molecule has 0 radical (unpaired) electrons. The van der Waals surface area contributed by atoms with E-state index in [1.54, 1.807) is 18.2 Å². The molecule has 1 atom stereocenters. The second-order valence-corrected chi connectivity index (χ2v) is 6.04. The average Bonchev–Trinajstić information content (AvgIpc) is 2.63. The van der Waals surface area contributed by atoms with Gasteiger partial charge >= 0.3 is 5.97 Å². The highest BCUT2D eigenvalue weighted by molar-refractivity contribution is 6.35. The first-order chi connectivity index (χ1) is 12.0. The van der Waals surface area contributed by atoms with Crippen molar-refractivity contribution in [2.75, 3.05) is 12.4 Å². The molecule has 1 unspecified atom stereocenters. The van der Waals surface area contributed by atoms with Crippen molar-refractivity contribution in [2.45, 2.75) is 13.0 Å². The molecule has 1 heterocycles. The van der Waals surface area contributed by atoms with Gasteiger partial charge in [-0.05, 0) is 18.6 Å². The van der Waals surface area contributed by atoms with Crippen LogP contribution >= 0.6 is 11.6 Å². The van der Waals surface area contributed by atoms with Crippen molar-refractivity contribution in [3.8, 4) is 0 Å². The summed E-state index contributed by atoms with van der Waals surface area (Å²) in [6, 6.07) is 14.8. The minimum absolute atomic E-state index is 0.0694. The SMILES string of the molecule is COC(=O)c1c(NC(C)c2ccccc2)c2cccc(Cl)c2[nH]c1=O. The summed E-state index contributed by atoms with van der Waals surface area (Å²) in [5.74, 6) is -0.703. The standard InChI is InChI=1S/C19H17ClN2O3/c1-11(12-7-4-3-5-8-12)21-17-13-9-6-10-14(20)16(13)22-18(23)15(17)19(24)25-2/h3-11H,1-2H3,(H2,21,22,23). The molecule has 3 rings (SSSR count). The van der Waals surface area contributed by atoms with E-state index < -0.39 is 11.5 Å². The first-order valence-corrected chi connectivity index (χ1v) is 8.15. The van der Waals surface area contributed by atoms with Crippen LogP contribution in [0.3, 0.4) is 0 Å². The quantitative estimate of drug-likeness (QED) is 0.689. The number of fused-ring (bicyclic) bond motifs is 1. The Morgan fingerprint density at radius 2 is 1.88 bits per heavy atom. The Balaban J connectivity index is 2.21. The van der Waals surface area contributed by atoms with Gasteiger partial charge in [-0.25, -0.2) is 4.79 Å². The van der Waals surface area contributed by atoms with Crippen molar-refractivity contribution in [3.63, 3.8) is 0 Å². The van der Waals surface area contributed by atoms with Gasteiger partial charge in [0.15, 0.2) is 0 Å². The van der Waals surface area contributed by atoms with Crippen LogP contribution in [0.2, 0.25) is 5.02 Å². The van der Waals surface area contributed by atoms with Gasteiger partial charge in [-0.15, -0.1) is 0 Å². The predicted molar refractivity (Wildman–Crippen MR) is 99.4 cm³/mol. The number of anilines is 1. The average molecular weight is 357 g/mol. The Morgan fingerprint density at radius 1 is 1.16 bits per heavy atom. The smallest absolute Gasteiger partial charge is 0.345 e. The number of ether oxygens (including phenoxy) is 1. The number of nitrogens with one attached hydrogen (secondary N) is 2. The number of H-pyrrole nitrogens is 1. The predicted octanol–water partition coefficient (Wildman–Crippen LogP) is 4.14. The molecule has 0 bridgehead atoms. The Morgan fingerprint density at radius 3 is 2.56 bits per heavy atom. The van der Waals surface area contributed by atoms with Crippen molar-refractivity contribution >= 4 is 34.2 Å². The van der Waals surface area contributed by atoms with E-state index in [0.29, 0.717) is 21.6 Å². The normalized spacial score (nSPS) is 12.0. The fourth-order valence-corrected chi connectivity index (χ4v) is 2.99. The molecule has 0 aliphatic heterocycles. The Labute approximate surface area is 149 Å². The molecule has 0 saturated carbocycles. The van der Waals surface area contributed by atoms with Crippen molar-refractivity contribution in [1.82, 2.24) is 4.98 Å². The Bertz CT molecular complexity index is 983. The summed E-state index contributed by atoms with van der Waals surface area (Å²) in [5.41, 5.74) is 1.29. The second-order valence-electron chi connectivity index (χ2n) is 5.63.